The van der Waals surface area contributed by atoms with Gasteiger partial charge in [0, 0.05) is 49.7 Å². The molecule has 0 heterocycles. The maximum absolute atomic E-state index is 2.45. The number of allylic oxidation sites excluding steroid dienone is 5. The van der Waals surface area contributed by atoms with Crippen LogP contribution >= 0.6 is 0 Å². The van der Waals surface area contributed by atoms with E-state index in [-0.39, 0.29) is 0 Å². The van der Waals surface area contributed by atoms with Crippen LogP contribution in [0.1, 0.15) is 63.8 Å². The van der Waals surface area contributed by atoms with E-state index in [1.165, 1.54) is 50.5 Å². The second-order valence-electron chi connectivity index (χ2n) is 9.30. The summed E-state index contributed by atoms with van der Waals surface area (Å²) in [6.45, 7) is 19.6. The third kappa shape index (κ3) is 4.87. The predicted octanol–water partition coefficient (Wildman–Crippen LogP) is 6.70. The highest BCUT2D eigenvalue weighted by molar-refractivity contribution is 6.04. The number of anilines is 2. The summed E-state index contributed by atoms with van der Waals surface area (Å²) in [6.07, 6.45) is 10.2. The van der Waals surface area contributed by atoms with Crippen LogP contribution in [0.2, 0.25) is 0 Å². The van der Waals surface area contributed by atoms with Gasteiger partial charge in [-0.1, -0.05) is 12.1 Å². The van der Waals surface area contributed by atoms with E-state index < -0.39 is 0 Å². The summed E-state index contributed by atoms with van der Waals surface area (Å²) in [6, 6.07) is 14.2. The molecule has 2 aliphatic carbocycles. The Balaban J connectivity index is 1.89. The maximum Gasteiger partial charge on any atom is 0.199 e. The maximum atomic E-state index is 2.45. The summed E-state index contributed by atoms with van der Waals surface area (Å²) in [5.74, 6) is 0. The molecule has 0 unspecified atom stereocenters. The minimum absolute atomic E-state index is 0.982. The summed E-state index contributed by atoms with van der Waals surface area (Å²) in [7, 11) is 0. The van der Waals surface area contributed by atoms with Crippen LogP contribution in [0, 0.1) is 0 Å². The molecule has 0 fully saturated rings. The first-order valence-electron chi connectivity index (χ1n) is 13.6. The van der Waals surface area contributed by atoms with E-state index in [2.05, 4.69) is 117 Å². The van der Waals surface area contributed by atoms with Gasteiger partial charge < -0.3 is 9.80 Å². The Morgan fingerprint density at radius 1 is 0.629 bits per heavy atom. The van der Waals surface area contributed by atoms with Crippen LogP contribution in [-0.4, -0.2) is 49.6 Å². The Hall–Kier alpha value is -3.07. The minimum Gasteiger partial charge on any atom is -0.372 e. The molecule has 4 rings (SSSR count). The first-order chi connectivity index (χ1) is 17.1. The second-order valence-corrected chi connectivity index (χ2v) is 9.30. The van der Waals surface area contributed by atoms with Crippen molar-refractivity contribution in [1.82, 2.24) is 0 Å². The topological polar surface area (TPSA) is 9.49 Å². The predicted molar refractivity (Wildman–Crippen MR) is 153 cm³/mol. The number of benzene rings is 2. The van der Waals surface area contributed by atoms with E-state index >= 15 is 0 Å². The van der Waals surface area contributed by atoms with Gasteiger partial charge in [-0.05, 0) is 118 Å². The molecule has 2 aromatic carbocycles. The Morgan fingerprint density at radius 3 is 1.49 bits per heavy atom. The highest BCUT2D eigenvalue weighted by Gasteiger charge is 2.24. The van der Waals surface area contributed by atoms with Crippen molar-refractivity contribution in [2.45, 2.75) is 48.0 Å². The summed E-state index contributed by atoms with van der Waals surface area (Å²) < 4.78 is 2.41. The van der Waals surface area contributed by atoms with E-state index in [0.717, 1.165) is 45.7 Å². The average molecular weight is 469 g/mol. The molecule has 0 amide bonds. The van der Waals surface area contributed by atoms with Crippen LogP contribution in [-0.2, 0) is 6.42 Å². The second kappa shape index (κ2) is 11.1. The van der Waals surface area contributed by atoms with Crippen molar-refractivity contribution < 1.29 is 4.58 Å². The largest absolute Gasteiger partial charge is 0.372 e. The van der Waals surface area contributed by atoms with Gasteiger partial charge in [0.2, 0.25) is 0 Å². The fourth-order valence-electron chi connectivity index (χ4n) is 5.60. The van der Waals surface area contributed by atoms with Crippen molar-refractivity contribution >= 4 is 22.7 Å². The van der Waals surface area contributed by atoms with Gasteiger partial charge in [-0.2, -0.15) is 0 Å². The van der Waals surface area contributed by atoms with Gasteiger partial charge >= 0.3 is 0 Å². The Morgan fingerprint density at radius 2 is 1.09 bits per heavy atom. The summed E-state index contributed by atoms with van der Waals surface area (Å²) in [4.78, 5) is 4.89. The molecular formula is C32H42N3+. The highest BCUT2D eigenvalue weighted by Crippen LogP contribution is 2.41. The van der Waals surface area contributed by atoms with Gasteiger partial charge in [0.25, 0.3) is 0 Å². The van der Waals surface area contributed by atoms with Crippen molar-refractivity contribution in [2.24, 2.45) is 0 Å². The minimum atomic E-state index is 0.982. The number of rotatable bonds is 8. The Bertz CT molecular complexity index is 1100. The van der Waals surface area contributed by atoms with Crippen LogP contribution < -0.4 is 9.80 Å². The molecule has 0 aromatic heterocycles. The lowest BCUT2D eigenvalue weighted by atomic mass is 9.79. The van der Waals surface area contributed by atoms with Gasteiger partial charge in [-0.15, -0.1) is 0 Å². The van der Waals surface area contributed by atoms with E-state index in [0.29, 0.717) is 0 Å². The molecule has 0 radical (unpaired) electrons. The lowest BCUT2D eigenvalue weighted by molar-refractivity contribution is -0.519. The molecule has 0 spiro atoms. The molecule has 35 heavy (non-hydrogen) atoms. The number of fused-ring (bicyclic) bond motifs is 2. The Kier molecular flexibility index (Phi) is 7.95. The molecule has 184 valence electrons. The monoisotopic (exact) mass is 468 g/mol. The van der Waals surface area contributed by atoms with E-state index in [1.54, 1.807) is 0 Å². The molecule has 2 aromatic rings. The normalized spacial score (nSPS) is 14.2. The van der Waals surface area contributed by atoms with Crippen LogP contribution in [0.5, 0.6) is 0 Å². The lowest BCUT2D eigenvalue weighted by Gasteiger charge is -2.29. The molecule has 0 atom stereocenters. The zero-order valence-corrected chi connectivity index (χ0v) is 22.6. The molecule has 2 aliphatic rings. The van der Waals surface area contributed by atoms with Gasteiger partial charge in [-0.3, -0.25) is 0 Å². The van der Waals surface area contributed by atoms with E-state index in [9.17, 15) is 0 Å². The number of hydrogen-bond acceptors (Lipinski definition) is 2. The lowest BCUT2D eigenvalue weighted by Crippen LogP contribution is -2.23. The standard InChI is InChI=1S/C32H42N3/c1-7-33(8-2)27-15-13-24(14-16-27)32-30-19-17-28(34(9-3)10-4)22-25(30)21-26-23-29(18-20-31(26)32)35(11-5)12-6/h13-20,22-23H,7-12,21H2,1-6H3/q+1. The van der Waals surface area contributed by atoms with Crippen molar-refractivity contribution in [2.75, 3.05) is 49.1 Å². The third-order valence-electron chi connectivity index (χ3n) is 7.64. The molecular weight excluding hydrogens is 426 g/mol. The summed E-state index contributed by atoms with van der Waals surface area (Å²) in [5, 5.41) is 0. The Labute approximate surface area is 212 Å². The smallest absolute Gasteiger partial charge is 0.199 e. The van der Waals surface area contributed by atoms with Crippen LogP contribution in [0.25, 0.3) is 5.57 Å². The van der Waals surface area contributed by atoms with Gasteiger partial charge in [0.05, 0.1) is 0 Å². The average Bonchev–Trinajstić information content (AvgIpc) is 2.90. The molecule has 0 saturated heterocycles. The number of nitrogens with zero attached hydrogens (tertiary/aromatic N) is 3. The third-order valence-corrected chi connectivity index (χ3v) is 7.64. The molecule has 0 N–H and O–H groups in total. The molecule has 0 saturated carbocycles. The molecule has 3 nitrogen and oxygen atoms in total. The zero-order valence-electron chi connectivity index (χ0n) is 22.6. The molecule has 0 bridgehead atoms. The van der Waals surface area contributed by atoms with Crippen molar-refractivity contribution in [3.63, 3.8) is 0 Å². The first kappa shape index (κ1) is 25.0. The van der Waals surface area contributed by atoms with E-state index in [1.807, 2.05) is 0 Å². The molecule has 0 aliphatic heterocycles. The van der Waals surface area contributed by atoms with Crippen molar-refractivity contribution in [1.29, 1.82) is 0 Å². The van der Waals surface area contributed by atoms with E-state index in [4.69, 9.17) is 0 Å². The van der Waals surface area contributed by atoms with Gasteiger partial charge in [-0.25, -0.2) is 4.58 Å². The van der Waals surface area contributed by atoms with Crippen LogP contribution in [0.3, 0.4) is 0 Å². The zero-order chi connectivity index (χ0) is 24.9. The fraction of sp³-hybridized carbons (Fsp3) is 0.406. The van der Waals surface area contributed by atoms with Gasteiger partial charge in [0.1, 0.15) is 13.1 Å². The highest BCUT2D eigenvalue weighted by atomic mass is 15.1. The quantitative estimate of drug-likeness (QED) is 0.340. The van der Waals surface area contributed by atoms with Crippen molar-refractivity contribution in [3.05, 3.63) is 88.5 Å². The van der Waals surface area contributed by atoms with Crippen molar-refractivity contribution in [3.8, 4) is 0 Å². The summed E-state index contributed by atoms with van der Waals surface area (Å²) in [5.41, 5.74) is 12.2. The number of hydrogen-bond donors (Lipinski definition) is 0. The van der Waals surface area contributed by atoms with Crippen LogP contribution in [0.15, 0.2) is 66.3 Å². The van der Waals surface area contributed by atoms with Crippen LogP contribution in [0.4, 0.5) is 11.4 Å². The molecule has 3 heteroatoms. The van der Waals surface area contributed by atoms with Gasteiger partial charge in [0.15, 0.2) is 5.71 Å². The SMILES string of the molecule is CCN(CC)c1ccc2c(c1)Cc1cc(N(CC)CC)ccc1C2=C1C=CC(=[N+](CC)CC)C=C1. The first-order valence-corrected chi connectivity index (χ1v) is 13.6. The fourth-order valence-corrected chi connectivity index (χ4v) is 5.60. The summed E-state index contributed by atoms with van der Waals surface area (Å²) >= 11 is 0.